The van der Waals surface area contributed by atoms with Gasteiger partial charge in [-0.05, 0) is 37.3 Å². The van der Waals surface area contributed by atoms with Crippen LogP contribution in [0, 0.1) is 5.41 Å². The standard InChI is InChI=1S/C14H18N4O2/c1-3-17-7-10(9-4-5-9)6-11(13(17)15)18-8-12(19)16(2)14(18)20/h6-7,9,15H,3-5,8H2,1-2H3. The van der Waals surface area contributed by atoms with Gasteiger partial charge in [0.25, 0.3) is 0 Å². The molecule has 0 unspecified atom stereocenters. The molecule has 1 aromatic heterocycles. The Labute approximate surface area is 117 Å². The van der Waals surface area contributed by atoms with Crippen molar-refractivity contribution in [1.29, 1.82) is 5.41 Å². The van der Waals surface area contributed by atoms with Gasteiger partial charge in [0.1, 0.15) is 12.0 Å². The average molecular weight is 274 g/mol. The van der Waals surface area contributed by atoms with Gasteiger partial charge in [-0.2, -0.15) is 0 Å². The van der Waals surface area contributed by atoms with E-state index in [-0.39, 0.29) is 24.0 Å². The second-order valence-electron chi connectivity index (χ2n) is 5.39. The summed E-state index contributed by atoms with van der Waals surface area (Å²) in [5.74, 6) is 0.313. The minimum absolute atomic E-state index is 0.0268. The smallest absolute Gasteiger partial charge is 0.331 e. The molecule has 2 fully saturated rings. The lowest BCUT2D eigenvalue weighted by Crippen LogP contribution is -2.35. The van der Waals surface area contributed by atoms with Gasteiger partial charge in [0.05, 0.1) is 5.69 Å². The third-order valence-electron chi connectivity index (χ3n) is 4.00. The fourth-order valence-electron chi connectivity index (χ4n) is 2.54. The molecule has 20 heavy (non-hydrogen) atoms. The number of urea groups is 1. The number of pyridine rings is 1. The highest BCUT2D eigenvalue weighted by molar-refractivity contribution is 6.11. The third kappa shape index (κ3) is 1.92. The number of nitrogens with one attached hydrogen (secondary N) is 1. The van der Waals surface area contributed by atoms with Crippen molar-refractivity contribution >= 4 is 17.6 Å². The van der Waals surface area contributed by atoms with Crippen molar-refractivity contribution in [3.05, 3.63) is 23.3 Å². The number of imide groups is 1. The Bertz CT molecular complexity index is 645. The molecule has 1 aliphatic heterocycles. The zero-order valence-electron chi connectivity index (χ0n) is 11.7. The third-order valence-corrected chi connectivity index (χ3v) is 4.00. The number of likely N-dealkylation sites (N-methyl/N-ethyl adjacent to an activating group) is 1. The van der Waals surface area contributed by atoms with Gasteiger partial charge in [-0.25, -0.2) is 4.79 Å². The number of hydrogen-bond donors (Lipinski definition) is 1. The first-order chi connectivity index (χ1) is 9.52. The summed E-state index contributed by atoms with van der Waals surface area (Å²) in [6, 6.07) is 1.55. The van der Waals surface area contributed by atoms with Crippen molar-refractivity contribution in [2.24, 2.45) is 0 Å². The summed E-state index contributed by atoms with van der Waals surface area (Å²) in [7, 11) is 1.48. The van der Waals surface area contributed by atoms with Crippen LogP contribution in [0.4, 0.5) is 10.5 Å². The lowest BCUT2D eigenvalue weighted by Gasteiger charge is -2.18. The Morgan fingerprint density at radius 1 is 1.35 bits per heavy atom. The van der Waals surface area contributed by atoms with Crippen LogP contribution in [-0.2, 0) is 11.3 Å². The Balaban J connectivity index is 2.08. The molecule has 1 aliphatic carbocycles. The van der Waals surface area contributed by atoms with Crippen molar-refractivity contribution in [2.75, 3.05) is 18.5 Å². The van der Waals surface area contributed by atoms with Gasteiger partial charge in [0.2, 0.25) is 5.91 Å². The van der Waals surface area contributed by atoms with Crippen LogP contribution < -0.4 is 10.4 Å². The molecule has 2 aliphatic rings. The number of carbonyl (C=O) groups excluding carboxylic acids is 2. The number of hydrogen-bond acceptors (Lipinski definition) is 3. The molecule has 0 radical (unpaired) electrons. The summed E-state index contributed by atoms with van der Waals surface area (Å²) in [5, 5.41) is 8.23. The van der Waals surface area contributed by atoms with E-state index < -0.39 is 0 Å². The number of aryl methyl sites for hydroxylation is 1. The molecule has 2 heterocycles. The Hall–Kier alpha value is -2.11. The fourth-order valence-corrected chi connectivity index (χ4v) is 2.54. The predicted octanol–water partition coefficient (Wildman–Crippen LogP) is 1.26. The number of nitrogens with zero attached hydrogens (tertiary/aromatic N) is 3. The molecule has 106 valence electrons. The molecule has 0 spiro atoms. The van der Waals surface area contributed by atoms with Crippen molar-refractivity contribution in [1.82, 2.24) is 9.47 Å². The van der Waals surface area contributed by atoms with Crippen molar-refractivity contribution < 1.29 is 9.59 Å². The molecule has 0 bridgehead atoms. The van der Waals surface area contributed by atoms with E-state index in [4.69, 9.17) is 5.41 Å². The molecule has 3 amide bonds. The Morgan fingerprint density at radius 2 is 2.05 bits per heavy atom. The second kappa shape index (κ2) is 4.47. The van der Waals surface area contributed by atoms with Gasteiger partial charge < -0.3 is 4.57 Å². The number of carbonyl (C=O) groups is 2. The van der Waals surface area contributed by atoms with Crippen molar-refractivity contribution in [3.63, 3.8) is 0 Å². The summed E-state index contributed by atoms with van der Waals surface area (Å²) in [6.45, 7) is 2.68. The summed E-state index contributed by atoms with van der Waals surface area (Å²) in [6.07, 6.45) is 4.32. The number of aromatic nitrogens is 1. The van der Waals surface area contributed by atoms with Crippen molar-refractivity contribution in [2.45, 2.75) is 32.2 Å². The van der Waals surface area contributed by atoms with Crippen LogP contribution in [0.2, 0.25) is 0 Å². The normalized spacial score (nSPS) is 19.1. The SMILES string of the molecule is CCn1cc(C2CC2)cc(N2CC(=O)N(C)C2=O)c1=N. The molecule has 1 N–H and O–H groups in total. The molecule has 1 aromatic rings. The molecule has 6 heteroatoms. The summed E-state index contributed by atoms with van der Waals surface area (Å²) in [4.78, 5) is 26.3. The highest BCUT2D eigenvalue weighted by Gasteiger charge is 2.36. The van der Waals surface area contributed by atoms with E-state index in [0.29, 0.717) is 18.2 Å². The van der Waals surface area contributed by atoms with Gasteiger partial charge in [0.15, 0.2) is 0 Å². The maximum absolute atomic E-state index is 12.1. The topological polar surface area (TPSA) is 69.4 Å². The molecule has 1 saturated heterocycles. The van der Waals surface area contributed by atoms with Gasteiger partial charge in [-0.15, -0.1) is 0 Å². The van der Waals surface area contributed by atoms with Crippen LogP contribution in [0.15, 0.2) is 12.3 Å². The van der Waals surface area contributed by atoms with E-state index in [1.54, 1.807) is 0 Å². The van der Waals surface area contributed by atoms with Gasteiger partial charge in [-0.1, -0.05) is 0 Å². The lowest BCUT2D eigenvalue weighted by molar-refractivity contribution is -0.123. The van der Waals surface area contributed by atoms with E-state index >= 15 is 0 Å². The first-order valence-corrected chi connectivity index (χ1v) is 6.90. The van der Waals surface area contributed by atoms with Crippen LogP contribution >= 0.6 is 0 Å². The summed E-state index contributed by atoms with van der Waals surface area (Å²) >= 11 is 0. The Kier molecular flexibility index (Phi) is 2.88. The van der Waals surface area contributed by atoms with Gasteiger partial charge >= 0.3 is 6.03 Å². The lowest BCUT2D eigenvalue weighted by atomic mass is 10.1. The predicted molar refractivity (Wildman–Crippen MR) is 73.4 cm³/mol. The minimum Gasteiger partial charge on any atom is -0.332 e. The fraction of sp³-hybridized carbons (Fsp3) is 0.500. The van der Waals surface area contributed by atoms with Crippen LogP contribution in [0.3, 0.4) is 0 Å². The molecular weight excluding hydrogens is 256 g/mol. The van der Waals surface area contributed by atoms with Crippen LogP contribution in [0.1, 0.15) is 31.2 Å². The zero-order chi connectivity index (χ0) is 14.4. The highest BCUT2D eigenvalue weighted by atomic mass is 16.2. The number of anilines is 1. The molecule has 1 saturated carbocycles. The zero-order valence-corrected chi connectivity index (χ0v) is 11.7. The summed E-state index contributed by atoms with van der Waals surface area (Å²) < 4.78 is 1.83. The minimum atomic E-state index is -0.348. The van der Waals surface area contributed by atoms with E-state index in [9.17, 15) is 9.59 Å². The second-order valence-corrected chi connectivity index (χ2v) is 5.39. The summed E-state index contributed by atoms with van der Waals surface area (Å²) in [5.41, 5.74) is 1.99. The maximum Gasteiger partial charge on any atom is 0.331 e. The molecule has 0 aromatic carbocycles. The van der Waals surface area contributed by atoms with E-state index in [1.807, 2.05) is 23.8 Å². The van der Waals surface area contributed by atoms with Gasteiger partial charge in [0, 0.05) is 19.8 Å². The van der Waals surface area contributed by atoms with Crippen LogP contribution in [0.5, 0.6) is 0 Å². The molecule has 6 nitrogen and oxygen atoms in total. The van der Waals surface area contributed by atoms with E-state index in [2.05, 4.69) is 0 Å². The van der Waals surface area contributed by atoms with E-state index in [1.165, 1.54) is 11.9 Å². The van der Waals surface area contributed by atoms with E-state index in [0.717, 1.165) is 23.3 Å². The molecule has 3 rings (SSSR count). The van der Waals surface area contributed by atoms with Gasteiger partial charge in [-0.3, -0.25) is 20.0 Å². The monoisotopic (exact) mass is 274 g/mol. The quantitative estimate of drug-likeness (QED) is 0.843. The number of rotatable bonds is 3. The average Bonchev–Trinajstić information content (AvgIpc) is 3.24. The van der Waals surface area contributed by atoms with Crippen molar-refractivity contribution in [3.8, 4) is 0 Å². The Morgan fingerprint density at radius 3 is 2.55 bits per heavy atom. The first-order valence-electron chi connectivity index (χ1n) is 6.90. The number of amides is 3. The molecular formula is C14H18N4O2. The highest BCUT2D eigenvalue weighted by Crippen LogP contribution is 2.40. The van der Waals surface area contributed by atoms with Crippen LogP contribution in [0.25, 0.3) is 0 Å². The first kappa shape index (κ1) is 12.9. The maximum atomic E-state index is 12.1. The largest absolute Gasteiger partial charge is 0.332 e. The molecule has 0 atom stereocenters. The van der Waals surface area contributed by atoms with Crippen LogP contribution in [-0.4, -0.2) is 35.0 Å².